The van der Waals surface area contributed by atoms with Crippen molar-refractivity contribution in [3.8, 4) is 0 Å². The molecule has 0 saturated carbocycles. The summed E-state index contributed by atoms with van der Waals surface area (Å²) < 4.78 is 1.10. The van der Waals surface area contributed by atoms with Crippen molar-refractivity contribution in [3.63, 3.8) is 0 Å². The lowest BCUT2D eigenvalue weighted by molar-refractivity contribution is 1.14. The van der Waals surface area contributed by atoms with Crippen molar-refractivity contribution >= 4 is 33.1 Å². The summed E-state index contributed by atoms with van der Waals surface area (Å²) in [7, 11) is 0. The zero-order valence-corrected chi connectivity index (χ0v) is 9.81. The molecule has 0 saturated heterocycles. The van der Waals surface area contributed by atoms with Crippen LogP contribution in [-0.4, -0.2) is 4.98 Å². The highest BCUT2D eigenvalue weighted by Gasteiger charge is 2.00. The van der Waals surface area contributed by atoms with Crippen molar-refractivity contribution < 1.29 is 0 Å². The molecule has 0 aliphatic rings. The van der Waals surface area contributed by atoms with Crippen molar-refractivity contribution in [1.82, 2.24) is 4.98 Å². The molecule has 2 nitrogen and oxygen atoms in total. The predicted molar refractivity (Wildman–Crippen MR) is 63.5 cm³/mol. The maximum absolute atomic E-state index is 5.55. The molecule has 0 bridgehead atoms. The first-order chi connectivity index (χ1) is 6.74. The average molecular weight is 269 g/mol. The maximum atomic E-state index is 5.55. The van der Waals surface area contributed by atoms with E-state index >= 15 is 0 Å². The zero-order chi connectivity index (χ0) is 9.97. The molecule has 2 aromatic rings. The Morgan fingerprint density at radius 2 is 2.00 bits per heavy atom. The van der Waals surface area contributed by atoms with Crippen molar-refractivity contribution in [2.45, 2.75) is 6.42 Å². The van der Waals surface area contributed by atoms with Gasteiger partial charge < -0.3 is 5.73 Å². The quantitative estimate of drug-likeness (QED) is 0.909. The van der Waals surface area contributed by atoms with E-state index in [1.165, 1.54) is 5.56 Å². The number of thiazole rings is 1. The minimum Gasteiger partial charge on any atom is -0.383 e. The third-order valence-corrected chi connectivity index (χ3v) is 3.23. The third-order valence-electron chi connectivity index (χ3n) is 1.84. The summed E-state index contributed by atoms with van der Waals surface area (Å²) >= 11 is 5.00. The largest absolute Gasteiger partial charge is 0.383 e. The highest BCUT2D eigenvalue weighted by atomic mass is 79.9. The van der Waals surface area contributed by atoms with Gasteiger partial charge in [0.05, 0.1) is 5.01 Å². The summed E-state index contributed by atoms with van der Waals surface area (Å²) in [4.78, 5) is 4.21. The standard InChI is InChI=1S/C10H9BrN2S/c11-8-3-1-7(2-4-8)5-10-13-9(12)6-14-10/h1-4,6H,5,12H2. The molecular formula is C10H9BrN2S. The topological polar surface area (TPSA) is 38.9 Å². The van der Waals surface area contributed by atoms with Gasteiger partial charge in [-0.2, -0.15) is 0 Å². The fourth-order valence-corrected chi connectivity index (χ4v) is 2.17. The normalized spacial score (nSPS) is 10.4. The van der Waals surface area contributed by atoms with Crippen LogP contribution in [0.5, 0.6) is 0 Å². The van der Waals surface area contributed by atoms with Crippen LogP contribution in [0, 0.1) is 0 Å². The van der Waals surface area contributed by atoms with Gasteiger partial charge in [0.1, 0.15) is 5.82 Å². The van der Waals surface area contributed by atoms with Gasteiger partial charge in [0, 0.05) is 16.3 Å². The maximum Gasteiger partial charge on any atom is 0.134 e. The summed E-state index contributed by atoms with van der Waals surface area (Å²) in [6, 6.07) is 8.24. The summed E-state index contributed by atoms with van der Waals surface area (Å²) in [6.07, 6.45) is 0.856. The summed E-state index contributed by atoms with van der Waals surface area (Å²) in [6.45, 7) is 0. The first-order valence-electron chi connectivity index (χ1n) is 4.18. The Labute approximate surface area is 94.9 Å². The molecule has 0 radical (unpaired) electrons. The molecule has 1 aromatic heterocycles. The lowest BCUT2D eigenvalue weighted by Gasteiger charge is -1.97. The lowest BCUT2D eigenvalue weighted by Crippen LogP contribution is -1.88. The molecule has 2 rings (SSSR count). The number of benzene rings is 1. The molecule has 2 N–H and O–H groups in total. The van der Waals surface area contributed by atoms with Gasteiger partial charge in [-0.15, -0.1) is 11.3 Å². The van der Waals surface area contributed by atoms with Gasteiger partial charge in [-0.1, -0.05) is 28.1 Å². The fraction of sp³-hybridized carbons (Fsp3) is 0.100. The zero-order valence-electron chi connectivity index (χ0n) is 7.40. The van der Waals surface area contributed by atoms with E-state index < -0.39 is 0 Å². The van der Waals surface area contributed by atoms with Crippen LogP contribution in [0.2, 0.25) is 0 Å². The number of hydrogen-bond donors (Lipinski definition) is 1. The summed E-state index contributed by atoms with van der Waals surface area (Å²) in [5, 5.41) is 2.93. The number of nitrogens with zero attached hydrogens (tertiary/aromatic N) is 1. The van der Waals surface area contributed by atoms with Crippen molar-refractivity contribution in [2.75, 3.05) is 5.73 Å². The Hall–Kier alpha value is -0.870. The monoisotopic (exact) mass is 268 g/mol. The Kier molecular flexibility index (Phi) is 2.84. The number of aromatic nitrogens is 1. The SMILES string of the molecule is Nc1csc(Cc2ccc(Br)cc2)n1. The highest BCUT2D eigenvalue weighted by molar-refractivity contribution is 9.10. The molecule has 1 heterocycles. The third kappa shape index (κ3) is 2.33. The molecule has 0 fully saturated rings. The van der Waals surface area contributed by atoms with E-state index in [9.17, 15) is 0 Å². The average Bonchev–Trinajstić information content (AvgIpc) is 2.56. The van der Waals surface area contributed by atoms with Crippen molar-refractivity contribution in [3.05, 3.63) is 44.7 Å². The first-order valence-corrected chi connectivity index (χ1v) is 5.85. The molecule has 0 amide bonds. The van der Waals surface area contributed by atoms with E-state index in [1.54, 1.807) is 11.3 Å². The van der Waals surface area contributed by atoms with Gasteiger partial charge in [-0.25, -0.2) is 4.98 Å². The van der Waals surface area contributed by atoms with Crippen LogP contribution in [-0.2, 0) is 6.42 Å². The number of nitrogens with two attached hydrogens (primary N) is 1. The smallest absolute Gasteiger partial charge is 0.134 e. The van der Waals surface area contributed by atoms with Crippen LogP contribution in [0.15, 0.2) is 34.1 Å². The van der Waals surface area contributed by atoms with E-state index in [1.807, 2.05) is 17.5 Å². The van der Waals surface area contributed by atoms with E-state index in [0.29, 0.717) is 5.82 Å². The van der Waals surface area contributed by atoms with E-state index in [2.05, 4.69) is 33.0 Å². The second kappa shape index (κ2) is 4.11. The Morgan fingerprint density at radius 3 is 2.57 bits per heavy atom. The second-order valence-electron chi connectivity index (χ2n) is 2.97. The number of rotatable bonds is 2. The lowest BCUT2D eigenvalue weighted by atomic mass is 10.2. The Balaban J connectivity index is 2.15. The number of halogens is 1. The Bertz CT molecular complexity index is 422. The van der Waals surface area contributed by atoms with Gasteiger partial charge in [0.2, 0.25) is 0 Å². The number of hydrogen-bond acceptors (Lipinski definition) is 3. The molecule has 0 unspecified atom stereocenters. The van der Waals surface area contributed by atoms with Crippen LogP contribution in [0.3, 0.4) is 0 Å². The fourth-order valence-electron chi connectivity index (χ4n) is 1.18. The van der Waals surface area contributed by atoms with Gasteiger partial charge in [-0.05, 0) is 17.7 Å². The molecule has 0 aliphatic carbocycles. The summed E-state index contributed by atoms with van der Waals surface area (Å²) in [5.74, 6) is 0.613. The molecule has 0 atom stereocenters. The minimum atomic E-state index is 0.613. The number of anilines is 1. The van der Waals surface area contributed by atoms with E-state index in [-0.39, 0.29) is 0 Å². The first kappa shape index (κ1) is 9.68. The molecule has 1 aromatic carbocycles. The Morgan fingerprint density at radius 1 is 1.29 bits per heavy atom. The van der Waals surface area contributed by atoms with Crippen LogP contribution < -0.4 is 5.73 Å². The van der Waals surface area contributed by atoms with Crippen LogP contribution >= 0.6 is 27.3 Å². The molecule has 72 valence electrons. The molecule has 14 heavy (non-hydrogen) atoms. The van der Waals surface area contributed by atoms with Crippen molar-refractivity contribution in [2.24, 2.45) is 0 Å². The summed E-state index contributed by atoms with van der Waals surface area (Å²) in [5.41, 5.74) is 6.80. The molecule has 0 spiro atoms. The van der Waals surface area contributed by atoms with Crippen LogP contribution in [0.1, 0.15) is 10.6 Å². The van der Waals surface area contributed by atoms with Gasteiger partial charge in [0.15, 0.2) is 0 Å². The highest BCUT2D eigenvalue weighted by Crippen LogP contribution is 2.17. The van der Waals surface area contributed by atoms with Crippen molar-refractivity contribution in [1.29, 1.82) is 0 Å². The van der Waals surface area contributed by atoms with Crippen LogP contribution in [0.4, 0.5) is 5.82 Å². The molecular weight excluding hydrogens is 260 g/mol. The van der Waals surface area contributed by atoms with Gasteiger partial charge >= 0.3 is 0 Å². The molecule has 4 heteroatoms. The van der Waals surface area contributed by atoms with Crippen LogP contribution in [0.25, 0.3) is 0 Å². The second-order valence-corrected chi connectivity index (χ2v) is 4.83. The van der Waals surface area contributed by atoms with Gasteiger partial charge in [-0.3, -0.25) is 0 Å². The van der Waals surface area contributed by atoms with E-state index in [4.69, 9.17) is 5.73 Å². The predicted octanol–water partition coefficient (Wildman–Crippen LogP) is 3.08. The minimum absolute atomic E-state index is 0.613. The van der Waals surface area contributed by atoms with Gasteiger partial charge in [0.25, 0.3) is 0 Å². The molecule has 0 aliphatic heterocycles. The van der Waals surface area contributed by atoms with E-state index in [0.717, 1.165) is 15.9 Å². The number of nitrogen functional groups attached to an aromatic ring is 1.